The highest BCUT2D eigenvalue weighted by Crippen LogP contribution is 2.23. The smallest absolute Gasteiger partial charge is 0.229 e. The number of anilines is 2. The minimum Gasteiger partial charge on any atom is -0.366 e. The molecule has 1 fully saturated rings. The number of nitrogens with one attached hydrogen (secondary N) is 1. The Morgan fingerprint density at radius 3 is 2.24 bits per heavy atom. The van der Waals surface area contributed by atoms with Gasteiger partial charge in [-0.3, -0.25) is 9.59 Å². The van der Waals surface area contributed by atoms with Crippen LogP contribution in [0.5, 0.6) is 0 Å². The zero-order valence-electron chi connectivity index (χ0n) is 23.0. The van der Waals surface area contributed by atoms with Gasteiger partial charge in [0.2, 0.25) is 11.8 Å². The van der Waals surface area contributed by atoms with Crippen molar-refractivity contribution < 1.29 is 9.59 Å². The number of hydrogen-bond donors (Lipinski definition) is 1. The lowest BCUT2D eigenvalue weighted by molar-refractivity contribution is -0.133. The Hall–Kier alpha value is -3.67. The van der Waals surface area contributed by atoms with E-state index in [4.69, 9.17) is 0 Å². The number of carbonyl (C=O) groups is 2. The molecule has 2 atom stereocenters. The Bertz CT molecular complexity index is 1150. The zero-order valence-corrected chi connectivity index (χ0v) is 23.0. The van der Waals surface area contributed by atoms with E-state index in [0.717, 1.165) is 41.9 Å². The van der Waals surface area contributed by atoms with E-state index in [9.17, 15) is 9.59 Å². The van der Waals surface area contributed by atoms with Gasteiger partial charge in [-0.2, -0.15) is 0 Å². The first kappa shape index (κ1) is 27.9. The molecule has 0 saturated carbocycles. The van der Waals surface area contributed by atoms with Crippen molar-refractivity contribution in [1.82, 2.24) is 9.88 Å². The van der Waals surface area contributed by atoms with Crippen molar-refractivity contribution in [3.63, 3.8) is 0 Å². The van der Waals surface area contributed by atoms with Crippen LogP contribution >= 0.6 is 0 Å². The molecule has 1 aliphatic heterocycles. The molecule has 1 aromatic heterocycles. The lowest BCUT2D eigenvalue weighted by Gasteiger charge is -2.45. The minimum absolute atomic E-state index is 0.101. The lowest BCUT2D eigenvalue weighted by Crippen LogP contribution is -2.58. The molecule has 2 heterocycles. The van der Waals surface area contributed by atoms with Gasteiger partial charge in [-0.05, 0) is 62.9 Å². The predicted octanol–water partition coefficient (Wildman–Crippen LogP) is 6.02. The molecule has 37 heavy (non-hydrogen) atoms. The molecule has 0 aliphatic carbocycles. The third kappa shape index (κ3) is 7.91. The van der Waals surface area contributed by atoms with Crippen molar-refractivity contribution >= 4 is 28.9 Å². The summed E-state index contributed by atoms with van der Waals surface area (Å²) < 4.78 is 0. The number of carbonyl (C=O) groups excluding carboxylic acids is 2. The first-order valence-electron chi connectivity index (χ1n) is 13.1. The molecule has 3 rings (SSSR count). The van der Waals surface area contributed by atoms with E-state index in [1.807, 2.05) is 29.2 Å². The van der Waals surface area contributed by atoms with E-state index in [1.165, 1.54) is 5.57 Å². The Balaban J connectivity index is 1.60. The second kappa shape index (κ2) is 13.0. The summed E-state index contributed by atoms with van der Waals surface area (Å²) in [7, 11) is 0. The Morgan fingerprint density at radius 2 is 1.70 bits per heavy atom. The van der Waals surface area contributed by atoms with Gasteiger partial charge in [0.15, 0.2) is 0 Å². The van der Waals surface area contributed by atoms with Gasteiger partial charge in [0.05, 0.1) is 18.3 Å². The molecule has 1 aliphatic rings. The summed E-state index contributed by atoms with van der Waals surface area (Å²) in [5.74, 6) is 0.543. The number of amides is 2. The van der Waals surface area contributed by atoms with Gasteiger partial charge in [0.1, 0.15) is 5.82 Å². The maximum Gasteiger partial charge on any atom is 0.229 e. The summed E-state index contributed by atoms with van der Waals surface area (Å²) in [5, 5.41) is 2.91. The van der Waals surface area contributed by atoms with Gasteiger partial charge in [-0.1, -0.05) is 61.1 Å². The molecule has 0 radical (unpaired) electrons. The molecule has 0 bridgehead atoms. The standard InChI is InChI=1S/C31H40N4O2/c1-7-8-9-10-28(17-22(2)3)27-13-11-26(12-14-27)18-31(37)33-30-16-15-29(19-32-30)34-20-23(4)35(25(6)36)24(5)21-34/h8-17,19,23-24H,7,18,20-21H2,1-6H3,(H,32,33,37)/b9-8+,28-10+. The molecular weight excluding hydrogens is 460 g/mol. The third-order valence-corrected chi connectivity index (χ3v) is 6.41. The molecule has 0 spiro atoms. The molecule has 196 valence electrons. The van der Waals surface area contributed by atoms with Gasteiger partial charge in [-0.25, -0.2) is 4.98 Å². The van der Waals surface area contributed by atoms with Crippen LogP contribution in [0.15, 0.2) is 72.5 Å². The number of pyridine rings is 1. The summed E-state index contributed by atoms with van der Waals surface area (Å²) in [6, 6.07) is 12.2. The van der Waals surface area contributed by atoms with Crippen LogP contribution in [0.25, 0.3) is 5.57 Å². The molecule has 2 unspecified atom stereocenters. The van der Waals surface area contributed by atoms with Gasteiger partial charge in [-0.15, -0.1) is 0 Å². The number of benzene rings is 1. The van der Waals surface area contributed by atoms with E-state index in [2.05, 4.69) is 86.3 Å². The molecule has 6 heteroatoms. The number of rotatable bonds is 8. The first-order valence-corrected chi connectivity index (χ1v) is 13.1. The maximum absolute atomic E-state index is 12.7. The maximum atomic E-state index is 12.7. The fourth-order valence-electron chi connectivity index (χ4n) is 4.84. The third-order valence-electron chi connectivity index (χ3n) is 6.41. The van der Waals surface area contributed by atoms with E-state index < -0.39 is 0 Å². The number of allylic oxidation sites excluding steroid dienone is 6. The fourth-order valence-corrected chi connectivity index (χ4v) is 4.84. The molecule has 1 aromatic carbocycles. The van der Waals surface area contributed by atoms with Crippen molar-refractivity contribution in [3.8, 4) is 0 Å². The summed E-state index contributed by atoms with van der Waals surface area (Å²) in [5.41, 5.74) is 5.45. The Kier molecular flexibility index (Phi) is 9.84. The number of aromatic nitrogens is 1. The van der Waals surface area contributed by atoms with Gasteiger partial charge in [0.25, 0.3) is 0 Å². The fraction of sp³-hybridized carbons (Fsp3) is 0.387. The second-order valence-corrected chi connectivity index (χ2v) is 10.0. The second-order valence-electron chi connectivity index (χ2n) is 10.0. The molecule has 2 aromatic rings. The van der Waals surface area contributed by atoms with Crippen molar-refractivity contribution in [2.45, 2.75) is 66.5 Å². The summed E-state index contributed by atoms with van der Waals surface area (Å²) in [4.78, 5) is 33.2. The number of hydrogen-bond acceptors (Lipinski definition) is 4. The van der Waals surface area contributed by atoms with Crippen molar-refractivity contribution in [2.75, 3.05) is 23.3 Å². The molecular formula is C31H40N4O2. The Labute approximate surface area is 221 Å². The van der Waals surface area contributed by atoms with Crippen molar-refractivity contribution in [1.29, 1.82) is 0 Å². The summed E-state index contributed by atoms with van der Waals surface area (Å²) in [6.45, 7) is 13.6. The van der Waals surface area contributed by atoms with Crippen LogP contribution in [-0.2, 0) is 16.0 Å². The quantitative estimate of drug-likeness (QED) is 0.450. The highest BCUT2D eigenvalue weighted by molar-refractivity contribution is 5.91. The van der Waals surface area contributed by atoms with Gasteiger partial charge < -0.3 is 15.1 Å². The number of nitrogens with zero attached hydrogens (tertiary/aromatic N) is 3. The average Bonchev–Trinajstić information content (AvgIpc) is 2.83. The van der Waals surface area contributed by atoms with Crippen LogP contribution in [0.1, 0.15) is 59.1 Å². The van der Waals surface area contributed by atoms with Crippen molar-refractivity contribution in [2.24, 2.45) is 0 Å². The SMILES string of the molecule is CC/C=C/C=C(\C=C(C)C)c1ccc(CC(=O)Nc2ccc(N3CC(C)N(C(C)=O)C(C)C3)cn2)cc1. The predicted molar refractivity (Wildman–Crippen MR) is 154 cm³/mol. The topological polar surface area (TPSA) is 65.5 Å². The van der Waals surface area contributed by atoms with Gasteiger partial charge in [0, 0.05) is 32.1 Å². The minimum atomic E-state index is -0.101. The molecule has 2 amide bonds. The average molecular weight is 501 g/mol. The summed E-state index contributed by atoms with van der Waals surface area (Å²) in [6.07, 6.45) is 11.6. The monoisotopic (exact) mass is 500 g/mol. The first-order chi connectivity index (χ1) is 17.7. The zero-order chi connectivity index (χ0) is 26.9. The van der Waals surface area contributed by atoms with Crippen LogP contribution in [0.3, 0.4) is 0 Å². The van der Waals surface area contributed by atoms with E-state index in [0.29, 0.717) is 5.82 Å². The summed E-state index contributed by atoms with van der Waals surface area (Å²) >= 11 is 0. The van der Waals surface area contributed by atoms with E-state index in [1.54, 1.807) is 13.1 Å². The van der Waals surface area contributed by atoms with Crippen LogP contribution in [0, 0.1) is 0 Å². The van der Waals surface area contributed by atoms with Gasteiger partial charge >= 0.3 is 0 Å². The van der Waals surface area contributed by atoms with E-state index in [-0.39, 0.29) is 30.3 Å². The largest absolute Gasteiger partial charge is 0.366 e. The highest BCUT2D eigenvalue weighted by Gasteiger charge is 2.31. The number of piperazine rings is 1. The van der Waals surface area contributed by atoms with Crippen LogP contribution in [0.4, 0.5) is 11.5 Å². The van der Waals surface area contributed by atoms with Crippen molar-refractivity contribution in [3.05, 3.63) is 83.6 Å². The normalized spacial score (nSPS) is 18.2. The van der Waals surface area contributed by atoms with Crippen LogP contribution < -0.4 is 10.2 Å². The molecule has 6 nitrogen and oxygen atoms in total. The van der Waals surface area contributed by atoms with Crippen LogP contribution in [0.2, 0.25) is 0 Å². The molecule has 1 saturated heterocycles. The van der Waals surface area contributed by atoms with Crippen LogP contribution in [-0.4, -0.2) is 46.9 Å². The molecule has 1 N–H and O–H groups in total. The lowest BCUT2D eigenvalue weighted by atomic mass is 10.0. The highest BCUT2D eigenvalue weighted by atomic mass is 16.2. The Morgan fingerprint density at radius 1 is 1.03 bits per heavy atom. The van der Waals surface area contributed by atoms with E-state index >= 15 is 0 Å².